The Morgan fingerprint density at radius 3 is 1.15 bits per heavy atom. The summed E-state index contributed by atoms with van der Waals surface area (Å²) in [7, 11) is -5.49. The van der Waals surface area contributed by atoms with Gasteiger partial charge in [-0.15, -0.1) is 20.5 Å². The summed E-state index contributed by atoms with van der Waals surface area (Å²) in [5, 5.41) is 61.0. The number of nitrogens with zero attached hydrogens (tertiary/aromatic N) is 4. The van der Waals surface area contributed by atoms with Crippen LogP contribution in [0.1, 0.15) is 20.7 Å². The van der Waals surface area contributed by atoms with Gasteiger partial charge in [-0.05, 0) is 83.6 Å². The molecular formula is C40H32N6O18S2. The molecule has 342 valence electrons. The third-order valence-corrected chi connectivity index (χ3v) is 11.1. The fraction of sp³-hybridized carbons (Fsp3) is 0.100. The Balaban J connectivity index is 1.29. The van der Waals surface area contributed by atoms with E-state index in [9.17, 15) is 65.5 Å². The molecule has 0 heterocycles. The number of anilines is 2. The van der Waals surface area contributed by atoms with Crippen LogP contribution >= 0.6 is 0 Å². The SMILES string of the molecule is COc1ccc(C(=O)O)c(N=Nc2c(S(=O)(=O)O)cc3cc(NC(=O)C(=O)Nc4ccc5c(O)c(N=Nc6c(C(=O)O)ccc(OC)c6OC)c(S(=O)(=O)O)cc5c4)ccc3c2O)c1OC. The van der Waals surface area contributed by atoms with Gasteiger partial charge in [-0.1, -0.05) is 0 Å². The first kappa shape index (κ1) is 47.0. The summed E-state index contributed by atoms with van der Waals surface area (Å²) in [5.74, 6) is -7.58. The third kappa shape index (κ3) is 9.26. The predicted octanol–water partition coefficient (Wildman–Crippen LogP) is 6.74. The highest BCUT2D eigenvalue weighted by atomic mass is 32.2. The molecule has 8 N–H and O–H groups in total. The molecule has 26 heteroatoms. The normalized spacial score (nSPS) is 11.8. The number of amides is 2. The lowest BCUT2D eigenvalue weighted by Crippen LogP contribution is -2.29. The molecule has 0 aliphatic rings. The van der Waals surface area contributed by atoms with Crippen LogP contribution in [0.4, 0.5) is 34.1 Å². The largest absolute Gasteiger partial charge is 0.505 e. The molecule has 2 amide bonds. The van der Waals surface area contributed by atoms with Crippen molar-refractivity contribution < 1.29 is 84.5 Å². The minimum absolute atomic E-state index is 0.0347. The molecular weight excluding hydrogens is 917 g/mol. The molecule has 0 atom stereocenters. The van der Waals surface area contributed by atoms with Crippen molar-refractivity contribution in [3.63, 3.8) is 0 Å². The van der Waals surface area contributed by atoms with Gasteiger partial charge in [0.1, 0.15) is 32.5 Å². The van der Waals surface area contributed by atoms with E-state index in [1.165, 1.54) is 64.8 Å². The summed E-state index contributed by atoms with van der Waals surface area (Å²) in [5.41, 5.74) is -3.61. The molecule has 6 aromatic carbocycles. The first-order chi connectivity index (χ1) is 31.1. The van der Waals surface area contributed by atoms with Crippen molar-refractivity contribution in [1.29, 1.82) is 0 Å². The van der Waals surface area contributed by atoms with Gasteiger partial charge >= 0.3 is 23.8 Å². The van der Waals surface area contributed by atoms with Crippen molar-refractivity contribution in [2.75, 3.05) is 39.1 Å². The maximum Gasteiger partial charge on any atom is 0.338 e. The minimum atomic E-state index is -5.19. The second kappa shape index (κ2) is 18.3. The number of hydrogen-bond donors (Lipinski definition) is 8. The van der Waals surface area contributed by atoms with Gasteiger partial charge in [0.05, 0.1) is 39.6 Å². The lowest BCUT2D eigenvalue weighted by Gasteiger charge is -2.13. The van der Waals surface area contributed by atoms with Crippen LogP contribution in [-0.4, -0.2) is 98.6 Å². The Bertz CT molecular complexity index is 3120. The topological polar surface area (TPSA) is 368 Å². The van der Waals surface area contributed by atoms with Gasteiger partial charge in [-0.2, -0.15) is 16.8 Å². The van der Waals surface area contributed by atoms with E-state index in [1.54, 1.807) is 0 Å². The molecule has 0 aliphatic heterocycles. The Hall–Kier alpha value is -8.46. The number of phenols is 2. The van der Waals surface area contributed by atoms with Crippen molar-refractivity contribution in [2.24, 2.45) is 20.5 Å². The number of hydrogen-bond acceptors (Lipinski definition) is 18. The van der Waals surface area contributed by atoms with Gasteiger partial charge in [0.15, 0.2) is 34.5 Å². The maximum absolute atomic E-state index is 13.1. The Labute approximate surface area is 370 Å². The average Bonchev–Trinajstić information content (AvgIpc) is 3.26. The summed E-state index contributed by atoms with van der Waals surface area (Å²) in [4.78, 5) is 48.0. The molecule has 6 rings (SSSR count). The first-order valence-electron chi connectivity index (χ1n) is 18.1. The highest BCUT2D eigenvalue weighted by Crippen LogP contribution is 2.47. The van der Waals surface area contributed by atoms with Gasteiger partial charge in [0, 0.05) is 22.1 Å². The van der Waals surface area contributed by atoms with Crippen LogP contribution in [0.3, 0.4) is 0 Å². The van der Waals surface area contributed by atoms with Crippen LogP contribution in [0.25, 0.3) is 21.5 Å². The molecule has 0 saturated carbocycles. The highest BCUT2D eigenvalue weighted by Gasteiger charge is 2.27. The predicted molar refractivity (Wildman–Crippen MR) is 229 cm³/mol. The number of nitrogens with one attached hydrogen (secondary N) is 2. The van der Waals surface area contributed by atoms with Crippen LogP contribution < -0.4 is 29.6 Å². The van der Waals surface area contributed by atoms with Crippen molar-refractivity contribution in [1.82, 2.24) is 0 Å². The molecule has 6 aromatic rings. The van der Waals surface area contributed by atoms with Gasteiger partial charge in [-0.3, -0.25) is 18.7 Å². The number of ether oxygens (including phenoxy) is 4. The van der Waals surface area contributed by atoms with Crippen LogP contribution in [0.15, 0.2) is 103 Å². The lowest BCUT2D eigenvalue weighted by atomic mass is 10.1. The Morgan fingerprint density at radius 2 is 0.848 bits per heavy atom. The van der Waals surface area contributed by atoms with Crippen LogP contribution in [-0.2, 0) is 29.8 Å². The second-order valence-corrected chi connectivity index (χ2v) is 16.1. The molecule has 0 saturated heterocycles. The van der Waals surface area contributed by atoms with E-state index in [2.05, 4.69) is 31.1 Å². The number of fused-ring (bicyclic) bond motifs is 2. The van der Waals surface area contributed by atoms with Gasteiger partial charge < -0.3 is 50.0 Å². The molecule has 0 aromatic heterocycles. The number of carboxylic acids is 2. The number of phenolic OH excluding ortho intramolecular Hbond substituents is 2. The van der Waals surface area contributed by atoms with Crippen LogP contribution in [0.2, 0.25) is 0 Å². The summed E-state index contributed by atoms with van der Waals surface area (Å²) >= 11 is 0. The quantitative estimate of drug-likeness (QED) is 0.0318. The number of carboxylic acid groups (broad SMARTS) is 2. The van der Waals surface area contributed by atoms with Gasteiger partial charge in [0.25, 0.3) is 20.2 Å². The lowest BCUT2D eigenvalue weighted by molar-refractivity contribution is -0.132. The molecule has 0 spiro atoms. The number of carbonyl (C=O) groups excluding carboxylic acids is 2. The van der Waals surface area contributed by atoms with Gasteiger partial charge in [-0.25, -0.2) is 9.59 Å². The van der Waals surface area contributed by atoms with E-state index in [0.29, 0.717) is 0 Å². The van der Waals surface area contributed by atoms with E-state index in [4.69, 9.17) is 18.9 Å². The zero-order valence-electron chi connectivity index (χ0n) is 34.1. The fourth-order valence-electron chi connectivity index (χ4n) is 6.39. The first-order valence-corrected chi connectivity index (χ1v) is 21.0. The van der Waals surface area contributed by atoms with Crippen molar-refractivity contribution in [3.8, 4) is 34.5 Å². The monoisotopic (exact) mass is 948 g/mol. The molecule has 0 unspecified atom stereocenters. The summed E-state index contributed by atoms with van der Waals surface area (Å²) in [6, 6.07) is 13.5. The zero-order valence-corrected chi connectivity index (χ0v) is 35.7. The van der Waals surface area contributed by atoms with Gasteiger partial charge in [0.2, 0.25) is 0 Å². The number of aromatic hydroxyl groups is 2. The average molecular weight is 949 g/mol. The van der Waals surface area contributed by atoms with Crippen molar-refractivity contribution in [2.45, 2.75) is 9.79 Å². The number of azo groups is 2. The summed E-state index contributed by atoms with van der Waals surface area (Å²) in [6.45, 7) is 0. The Morgan fingerprint density at radius 1 is 0.500 bits per heavy atom. The molecule has 0 aliphatic carbocycles. The number of benzene rings is 6. The second-order valence-electron chi connectivity index (χ2n) is 13.3. The standard InChI is InChI=1S/C40H32N6O18S2/c1-61-25-11-9-23(39(51)52)29(35(25)63-3)43-45-31-27(65(55,56)57)15-17-13-19(5-7-21(17)33(31)47)41-37(49)38(50)42-20-6-8-22-18(14-20)16-28(66(58,59)60)32(34(22)48)46-44-30-24(40(53)54)10-12-26(62-2)36(30)64-4/h5-16,47-48H,1-4H3,(H,41,49)(H,42,50)(H,51,52)(H,53,54)(H,55,56,57)(H,58,59,60). The third-order valence-electron chi connectivity index (χ3n) is 9.38. The molecule has 0 bridgehead atoms. The van der Waals surface area contributed by atoms with E-state index in [1.807, 2.05) is 0 Å². The number of aromatic carboxylic acids is 2. The number of rotatable bonds is 14. The number of carbonyl (C=O) groups is 4. The Kier molecular flexibility index (Phi) is 13.1. The summed E-state index contributed by atoms with van der Waals surface area (Å²) in [6.07, 6.45) is 0. The van der Waals surface area contributed by atoms with Crippen LogP contribution in [0, 0.1) is 0 Å². The van der Waals surface area contributed by atoms with Crippen LogP contribution in [0.5, 0.6) is 34.5 Å². The smallest absolute Gasteiger partial charge is 0.338 e. The van der Waals surface area contributed by atoms with E-state index >= 15 is 0 Å². The molecule has 24 nitrogen and oxygen atoms in total. The fourth-order valence-corrected chi connectivity index (χ4v) is 7.70. The maximum atomic E-state index is 13.1. The van der Waals surface area contributed by atoms with Crippen molar-refractivity contribution in [3.05, 3.63) is 83.9 Å². The molecule has 66 heavy (non-hydrogen) atoms. The molecule has 0 radical (unpaired) electrons. The van der Waals surface area contributed by atoms with Crippen molar-refractivity contribution >= 4 is 99.7 Å². The highest BCUT2D eigenvalue weighted by molar-refractivity contribution is 7.86. The molecule has 0 fully saturated rings. The van der Waals surface area contributed by atoms with E-state index < -0.39 is 99.2 Å². The minimum Gasteiger partial charge on any atom is -0.505 e. The van der Waals surface area contributed by atoms with E-state index in [-0.39, 0.29) is 55.9 Å². The van der Waals surface area contributed by atoms with E-state index in [0.717, 1.165) is 36.4 Å². The zero-order chi connectivity index (χ0) is 48.4. The number of methoxy groups -OCH3 is 4. The summed E-state index contributed by atoms with van der Waals surface area (Å²) < 4.78 is 91.0.